The van der Waals surface area contributed by atoms with Crippen LogP contribution < -0.4 is 10.1 Å². The first-order valence-corrected chi connectivity index (χ1v) is 9.98. The van der Waals surface area contributed by atoms with Crippen molar-refractivity contribution in [1.82, 2.24) is 10.2 Å². The smallest absolute Gasteiger partial charge is 0.258 e. The number of hydrogen-bond donors (Lipinski definition) is 2. The molecule has 2 N–H and O–H groups in total. The molecule has 1 atom stereocenters. The van der Waals surface area contributed by atoms with Crippen molar-refractivity contribution in [2.45, 2.75) is 26.0 Å². The summed E-state index contributed by atoms with van der Waals surface area (Å²) < 4.78 is 11.7. The highest BCUT2D eigenvalue weighted by atomic mass is 16.5. The first-order chi connectivity index (χ1) is 14.6. The molecule has 0 saturated carbocycles. The number of amides is 2. The normalized spacial score (nSPS) is 16.5. The van der Waals surface area contributed by atoms with Crippen molar-refractivity contribution >= 4 is 22.8 Å². The Bertz CT molecular complexity index is 1060. The van der Waals surface area contributed by atoms with Crippen molar-refractivity contribution in [2.24, 2.45) is 0 Å². The average Bonchev–Trinajstić information content (AvgIpc) is 3.09. The Labute approximate surface area is 174 Å². The summed E-state index contributed by atoms with van der Waals surface area (Å²) in [4.78, 5) is 27.1. The number of fused-ring (bicyclic) bond motifs is 1. The minimum atomic E-state index is -0.696. The quantitative estimate of drug-likeness (QED) is 0.654. The molecule has 1 aliphatic rings. The van der Waals surface area contributed by atoms with Crippen LogP contribution in [0.3, 0.4) is 0 Å². The molecular weight excluding hydrogens is 384 g/mol. The average molecular weight is 408 g/mol. The zero-order valence-corrected chi connectivity index (χ0v) is 16.8. The van der Waals surface area contributed by atoms with Gasteiger partial charge in [0.25, 0.3) is 5.91 Å². The summed E-state index contributed by atoms with van der Waals surface area (Å²) in [6.07, 6.45) is 0.192. The van der Waals surface area contributed by atoms with Gasteiger partial charge in [-0.15, -0.1) is 0 Å². The van der Waals surface area contributed by atoms with Crippen molar-refractivity contribution in [2.75, 3.05) is 19.7 Å². The van der Waals surface area contributed by atoms with Crippen molar-refractivity contribution in [1.29, 1.82) is 0 Å². The molecule has 7 heteroatoms. The van der Waals surface area contributed by atoms with E-state index >= 15 is 0 Å². The summed E-state index contributed by atoms with van der Waals surface area (Å²) in [7, 11) is 0. The Morgan fingerprint density at radius 1 is 1.27 bits per heavy atom. The van der Waals surface area contributed by atoms with E-state index in [1.165, 1.54) is 4.90 Å². The van der Waals surface area contributed by atoms with Crippen molar-refractivity contribution in [3.8, 4) is 5.75 Å². The third-order valence-electron chi connectivity index (χ3n) is 5.29. The lowest BCUT2D eigenvalue weighted by atomic mass is 10.0. The molecule has 0 bridgehead atoms. The summed E-state index contributed by atoms with van der Waals surface area (Å²) in [6, 6.07) is 14.5. The molecule has 1 saturated heterocycles. The highest BCUT2D eigenvalue weighted by Gasteiger charge is 2.35. The number of ether oxygens (including phenoxy) is 1. The number of carbonyl (C=O) groups is 2. The topological polar surface area (TPSA) is 92.0 Å². The molecule has 0 spiro atoms. The molecule has 30 heavy (non-hydrogen) atoms. The van der Waals surface area contributed by atoms with Gasteiger partial charge in [0.1, 0.15) is 29.7 Å². The highest BCUT2D eigenvalue weighted by molar-refractivity contribution is 6.08. The molecule has 0 radical (unpaired) electrons. The minimum Gasteiger partial charge on any atom is -0.489 e. The molecular formula is C23H24N2O5. The van der Waals surface area contributed by atoms with E-state index < -0.39 is 6.04 Å². The number of rotatable bonds is 6. The third-order valence-corrected chi connectivity index (χ3v) is 5.29. The van der Waals surface area contributed by atoms with Gasteiger partial charge in [-0.25, -0.2) is 0 Å². The molecule has 3 aromatic rings. The number of nitrogens with zero attached hydrogens (tertiary/aromatic N) is 1. The Kier molecular flexibility index (Phi) is 5.72. The van der Waals surface area contributed by atoms with E-state index in [-0.39, 0.29) is 24.8 Å². The van der Waals surface area contributed by atoms with Crippen molar-refractivity contribution in [3.63, 3.8) is 0 Å². The van der Waals surface area contributed by atoms with Crippen molar-refractivity contribution in [3.05, 3.63) is 65.4 Å². The van der Waals surface area contributed by atoms with Crippen LogP contribution in [0, 0.1) is 6.92 Å². The van der Waals surface area contributed by atoms with E-state index in [4.69, 9.17) is 9.15 Å². The summed E-state index contributed by atoms with van der Waals surface area (Å²) >= 11 is 0. The molecule has 2 amide bonds. The zero-order chi connectivity index (χ0) is 21.1. The Morgan fingerprint density at radius 2 is 2.07 bits per heavy atom. The number of benzene rings is 2. The van der Waals surface area contributed by atoms with Crippen LogP contribution in [0.15, 0.2) is 52.9 Å². The van der Waals surface area contributed by atoms with Crippen LogP contribution in [0.5, 0.6) is 5.75 Å². The van der Waals surface area contributed by atoms with E-state index in [1.807, 2.05) is 36.4 Å². The monoisotopic (exact) mass is 408 g/mol. The van der Waals surface area contributed by atoms with Crippen LogP contribution in [0.2, 0.25) is 0 Å². The van der Waals surface area contributed by atoms with Gasteiger partial charge in [-0.2, -0.15) is 0 Å². The summed E-state index contributed by atoms with van der Waals surface area (Å²) in [5.41, 5.74) is 2.05. The summed E-state index contributed by atoms with van der Waals surface area (Å²) in [5.74, 6) is 0.592. The second kappa shape index (κ2) is 8.59. The number of nitrogens with one attached hydrogen (secondary N) is 1. The largest absolute Gasteiger partial charge is 0.489 e. The number of furan rings is 1. The van der Waals surface area contributed by atoms with Crippen LogP contribution in [-0.4, -0.2) is 47.6 Å². The third kappa shape index (κ3) is 3.89. The van der Waals surface area contributed by atoms with Crippen molar-refractivity contribution < 1.29 is 23.8 Å². The predicted molar refractivity (Wildman–Crippen MR) is 111 cm³/mol. The Hall–Kier alpha value is -3.32. The maximum Gasteiger partial charge on any atom is 0.258 e. The lowest BCUT2D eigenvalue weighted by molar-refractivity contribution is -0.128. The van der Waals surface area contributed by atoms with E-state index in [1.54, 1.807) is 19.1 Å². The Balaban J connectivity index is 1.63. The van der Waals surface area contributed by atoms with Gasteiger partial charge in [-0.3, -0.25) is 9.59 Å². The van der Waals surface area contributed by atoms with Crippen LogP contribution in [0.25, 0.3) is 11.0 Å². The van der Waals surface area contributed by atoms with Gasteiger partial charge in [-0.1, -0.05) is 30.3 Å². The zero-order valence-electron chi connectivity index (χ0n) is 16.8. The molecule has 1 aliphatic heterocycles. The van der Waals surface area contributed by atoms with Gasteiger partial charge < -0.3 is 24.5 Å². The second-order valence-corrected chi connectivity index (χ2v) is 7.28. The number of hydrogen-bond acceptors (Lipinski definition) is 5. The maximum absolute atomic E-state index is 13.4. The van der Waals surface area contributed by atoms with Gasteiger partial charge >= 0.3 is 0 Å². The molecule has 1 unspecified atom stereocenters. The minimum absolute atomic E-state index is 0.176. The van der Waals surface area contributed by atoms with Crippen LogP contribution in [0.1, 0.15) is 28.1 Å². The Morgan fingerprint density at radius 3 is 2.83 bits per heavy atom. The lowest BCUT2D eigenvalue weighted by Gasteiger charge is -2.34. The standard InChI is InChI=1S/C23H24N2O5/c1-15-21(23(28)25-11-10-24-22(27)19(25)9-12-26)18-13-17(7-8-20(18)30-15)29-14-16-5-3-2-4-6-16/h2-8,13,19,26H,9-12,14H2,1H3,(H,24,27). The van der Waals surface area contributed by atoms with Crippen LogP contribution in [0.4, 0.5) is 0 Å². The SMILES string of the molecule is Cc1oc2ccc(OCc3ccccc3)cc2c1C(=O)N1CCNC(=O)C1CCO. The van der Waals surface area contributed by atoms with E-state index in [9.17, 15) is 14.7 Å². The van der Waals surface area contributed by atoms with Gasteiger partial charge in [0.05, 0.1) is 5.56 Å². The lowest BCUT2D eigenvalue weighted by Crippen LogP contribution is -2.57. The first kappa shape index (κ1) is 20.0. The van der Waals surface area contributed by atoms with Gasteiger partial charge in [0, 0.05) is 25.1 Å². The number of aryl methyl sites for hydroxylation is 1. The highest BCUT2D eigenvalue weighted by Crippen LogP contribution is 2.31. The number of piperazine rings is 1. The summed E-state index contributed by atoms with van der Waals surface area (Å²) in [6.45, 7) is 2.74. The number of aliphatic hydroxyl groups is 1. The molecule has 7 nitrogen and oxygen atoms in total. The number of aliphatic hydroxyl groups excluding tert-OH is 1. The fraction of sp³-hybridized carbons (Fsp3) is 0.304. The van der Waals surface area contributed by atoms with Gasteiger partial charge in [0.2, 0.25) is 5.91 Å². The molecule has 4 rings (SSSR count). The van der Waals surface area contributed by atoms with E-state index in [0.29, 0.717) is 47.7 Å². The molecule has 2 heterocycles. The molecule has 1 aromatic heterocycles. The maximum atomic E-state index is 13.4. The van der Waals surface area contributed by atoms with E-state index in [0.717, 1.165) is 5.56 Å². The fourth-order valence-electron chi connectivity index (χ4n) is 3.81. The summed E-state index contributed by atoms with van der Waals surface area (Å²) in [5, 5.41) is 12.7. The fourth-order valence-corrected chi connectivity index (χ4v) is 3.81. The van der Waals surface area contributed by atoms with Crippen LogP contribution in [-0.2, 0) is 11.4 Å². The van der Waals surface area contributed by atoms with Gasteiger partial charge in [0.15, 0.2) is 0 Å². The van der Waals surface area contributed by atoms with Gasteiger partial charge in [-0.05, 0) is 37.1 Å². The predicted octanol–water partition coefficient (Wildman–Crippen LogP) is 2.64. The molecule has 1 fully saturated rings. The van der Waals surface area contributed by atoms with Crippen LogP contribution >= 0.6 is 0 Å². The molecule has 2 aromatic carbocycles. The first-order valence-electron chi connectivity index (χ1n) is 9.98. The molecule has 156 valence electrons. The molecule has 0 aliphatic carbocycles. The second-order valence-electron chi connectivity index (χ2n) is 7.28. The van der Waals surface area contributed by atoms with E-state index in [2.05, 4.69) is 5.32 Å². The number of carbonyl (C=O) groups excluding carboxylic acids is 2.